The zero-order chi connectivity index (χ0) is 9.28. The molecule has 0 heterocycles. The Balaban J connectivity index is 0. The van der Waals surface area contributed by atoms with Crippen LogP contribution in [-0.2, 0) is 14.3 Å². The van der Waals surface area contributed by atoms with Crippen molar-refractivity contribution in [2.75, 3.05) is 14.2 Å². The summed E-state index contributed by atoms with van der Waals surface area (Å²) in [6, 6.07) is 0. The quantitative estimate of drug-likeness (QED) is 0.591. The van der Waals surface area contributed by atoms with Crippen molar-refractivity contribution in [1.29, 1.82) is 0 Å². The van der Waals surface area contributed by atoms with E-state index in [2.05, 4.69) is 9.47 Å². The molecule has 0 saturated heterocycles. The Labute approximate surface area is 68.7 Å². The molecule has 68 valence electrons. The Kier molecular flexibility index (Phi) is 11.5. The standard InChI is InChI=1S/C4H10O2.C4H8O/c1-4(5-2)6-3;1-3-4(2)5/h4H,1-3H3;3H2,1-2H3. The van der Waals surface area contributed by atoms with Crippen LogP contribution in [0.3, 0.4) is 0 Å². The minimum atomic E-state index is -0.0648. The van der Waals surface area contributed by atoms with E-state index >= 15 is 0 Å². The number of methoxy groups -OCH3 is 2. The SMILES string of the molecule is CCC(C)=O.COC(C)OC. The number of ketones is 1. The van der Waals surface area contributed by atoms with Crippen LogP contribution in [0.4, 0.5) is 0 Å². The number of carbonyl (C=O) groups is 1. The van der Waals surface area contributed by atoms with Crippen molar-refractivity contribution in [3.05, 3.63) is 0 Å². The van der Waals surface area contributed by atoms with Gasteiger partial charge in [-0.3, -0.25) is 0 Å². The van der Waals surface area contributed by atoms with E-state index in [1.165, 1.54) is 0 Å². The summed E-state index contributed by atoms with van der Waals surface area (Å²) in [7, 11) is 3.21. The average Bonchev–Trinajstić information content (AvgIpc) is 2.04. The fourth-order valence-corrected chi connectivity index (χ4v) is 0.0962. The first-order valence-electron chi connectivity index (χ1n) is 3.63. The second-order valence-electron chi connectivity index (χ2n) is 2.09. The van der Waals surface area contributed by atoms with E-state index in [0.717, 1.165) is 0 Å². The van der Waals surface area contributed by atoms with Gasteiger partial charge in [0.05, 0.1) is 0 Å². The number of carbonyl (C=O) groups excluding carboxylic acids is 1. The highest BCUT2D eigenvalue weighted by molar-refractivity contribution is 5.74. The van der Waals surface area contributed by atoms with Crippen molar-refractivity contribution >= 4 is 5.78 Å². The third-order valence-electron chi connectivity index (χ3n) is 1.16. The number of Topliss-reactive ketones (excluding diaryl/α,β-unsaturated/α-hetero) is 1. The molecule has 0 amide bonds. The first-order valence-corrected chi connectivity index (χ1v) is 3.63. The van der Waals surface area contributed by atoms with Gasteiger partial charge in [0.25, 0.3) is 0 Å². The largest absolute Gasteiger partial charge is 0.356 e. The Morgan fingerprint density at radius 1 is 1.36 bits per heavy atom. The average molecular weight is 162 g/mol. The van der Waals surface area contributed by atoms with Crippen molar-refractivity contribution in [1.82, 2.24) is 0 Å². The molecule has 0 aliphatic carbocycles. The van der Waals surface area contributed by atoms with Gasteiger partial charge >= 0.3 is 0 Å². The molecule has 0 aromatic carbocycles. The lowest BCUT2D eigenvalue weighted by atomic mass is 10.4. The second kappa shape index (κ2) is 9.59. The molecule has 0 N–H and O–H groups in total. The molecule has 0 aliphatic heterocycles. The first kappa shape index (κ1) is 13.2. The zero-order valence-corrected chi connectivity index (χ0v) is 8.01. The Hall–Kier alpha value is -0.410. The number of rotatable bonds is 3. The topological polar surface area (TPSA) is 35.5 Å². The molecule has 0 aromatic heterocycles. The summed E-state index contributed by atoms with van der Waals surface area (Å²) >= 11 is 0. The third-order valence-corrected chi connectivity index (χ3v) is 1.16. The smallest absolute Gasteiger partial charge is 0.154 e. The fraction of sp³-hybridized carbons (Fsp3) is 0.875. The van der Waals surface area contributed by atoms with Crippen LogP contribution < -0.4 is 0 Å². The molecular formula is C8H18O3. The Morgan fingerprint density at radius 2 is 1.64 bits per heavy atom. The maximum absolute atomic E-state index is 9.81. The lowest BCUT2D eigenvalue weighted by molar-refractivity contribution is -0.116. The number of hydrogen-bond acceptors (Lipinski definition) is 3. The van der Waals surface area contributed by atoms with Crippen molar-refractivity contribution < 1.29 is 14.3 Å². The molecule has 0 unspecified atom stereocenters. The molecule has 0 atom stereocenters. The van der Waals surface area contributed by atoms with Gasteiger partial charge in [-0.15, -0.1) is 0 Å². The van der Waals surface area contributed by atoms with Gasteiger partial charge < -0.3 is 14.3 Å². The summed E-state index contributed by atoms with van der Waals surface area (Å²) in [5.41, 5.74) is 0. The maximum Gasteiger partial charge on any atom is 0.154 e. The highest BCUT2D eigenvalue weighted by Gasteiger charge is 1.87. The third kappa shape index (κ3) is 17.7. The second-order valence-corrected chi connectivity index (χ2v) is 2.09. The Morgan fingerprint density at radius 3 is 1.64 bits per heavy atom. The molecule has 0 aromatic rings. The molecule has 3 nitrogen and oxygen atoms in total. The van der Waals surface area contributed by atoms with Crippen LogP contribution in [0.25, 0.3) is 0 Å². The van der Waals surface area contributed by atoms with Crippen molar-refractivity contribution in [3.8, 4) is 0 Å². The molecule has 0 saturated carbocycles. The van der Waals surface area contributed by atoms with Gasteiger partial charge in [-0.25, -0.2) is 0 Å². The van der Waals surface area contributed by atoms with E-state index in [4.69, 9.17) is 0 Å². The first-order chi connectivity index (χ1) is 5.08. The van der Waals surface area contributed by atoms with E-state index in [1.807, 2.05) is 13.8 Å². The maximum atomic E-state index is 9.81. The molecular weight excluding hydrogens is 144 g/mol. The Bertz CT molecular complexity index is 87.3. The van der Waals surface area contributed by atoms with Crippen molar-refractivity contribution in [3.63, 3.8) is 0 Å². The van der Waals surface area contributed by atoms with Gasteiger partial charge in [0, 0.05) is 20.6 Å². The van der Waals surface area contributed by atoms with Gasteiger partial charge in [-0.2, -0.15) is 0 Å². The molecule has 0 fully saturated rings. The van der Waals surface area contributed by atoms with Crippen LogP contribution in [0.1, 0.15) is 27.2 Å². The number of ether oxygens (including phenoxy) is 2. The lowest BCUT2D eigenvalue weighted by Gasteiger charge is -2.03. The minimum Gasteiger partial charge on any atom is -0.356 e. The summed E-state index contributed by atoms with van der Waals surface area (Å²) in [6.45, 7) is 5.27. The van der Waals surface area contributed by atoms with Crippen LogP contribution in [0.5, 0.6) is 0 Å². The van der Waals surface area contributed by atoms with E-state index in [-0.39, 0.29) is 12.1 Å². The van der Waals surface area contributed by atoms with Crippen LogP contribution >= 0.6 is 0 Å². The molecule has 0 radical (unpaired) electrons. The van der Waals surface area contributed by atoms with Crippen molar-refractivity contribution in [2.24, 2.45) is 0 Å². The van der Waals surface area contributed by atoms with E-state index in [9.17, 15) is 4.79 Å². The van der Waals surface area contributed by atoms with Gasteiger partial charge in [0.15, 0.2) is 6.29 Å². The number of hydrogen-bond donors (Lipinski definition) is 0. The molecule has 11 heavy (non-hydrogen) atoms. The summed E-state index contributed by atoms with van der Waals surface area (Å²) in [5.74, 6) is 0.255. The van der Waals surface area contributed by atoms with Gasteiger partial charge in [-0.05, 0) is 13.8 Å². The molecule has 0 rings (SSSR count). The van der Waals surface area contributed by atoms with Gasteiger partial charge in [0.2, 0.25) is 0 Å². The van der Waals surface area contributed by atoms with E-state index in [1.54, 1.807) is 21.1 Å². The van der Waals surface area contributed by atoms with E-state index < -0.39 is 0 Å². The highest BCUT2D eigenvalue weighted by atomic mass is 16.7. The predicted octanol–water partition coefficient (Wildman–Crippen LogP) is 1.61. The van der Waals surface area contributed by atoms with Crippen LogP contribution in [0, 0.1) is 0 Å². The molecule has 0 bridgehead atoms. The fourth-order valence-electron chi connectivity index (χ4n) is 0.0962. The van der Waals surface area contributed by atoms with Gasteiger partial charge in [-0.1, -0.05) is 6.92 Å². The van der Waals surface area contributed by atoms with Crippen LogP contribution in [0.15, 0.2) is 0 Å². The zero-order valence-electron chi connectivity index (χ0n) is 8.01. The predicted molar refractivity (Wildman–Crippen MR) is 44.5 cm³/mol. The summed E-state index contributed by atoms with van der Waals surface area (Å²) in [6.07, 6.45) is 0.602. The molecule has 3 heteroatoms. The van der Waals surface area contributed by atoms with Gasteiger partial charge in [0.1, 0.15) is 5.78 Å². The summed E-state index contributed by atoms with van der Waals surface area (Å²) in [5, 5.41) is 0. The van der Waals surface area contributed by atoms with Crippen LogP contribution in [-0.4, -0.2) is 26.3 Å². The van der Waals surface area contributed by atoms with Crippen molar-refractivity contribution in [2.45, 2.75) is 33.5 Å². The monoisotopic (exact) mass is 162 g/mol. The molecule has 0 spiro atoms. The van der Waals surface area contributed by atoms with E-state index in [0.29, 0.717) is 6.42 Å². The van der Waals surface area contributed by atoms with Crippen LogP contribution in [0.2, 0.25) is 0 Å². The summed E-state index contributed by atoms with van der Waals surface area (Å²) in [4.78, 5) is 9.81. The normalized spacial score (nSPS) is 8.91. The minimum absolute atomic E-state index is 0.0648. The highest BCUT2D eigenvalue weighted by Crippen LogP contribution is 1.82. The summed E-state index contributed by atoms with van der Waals surface area (Å²) < 4.78 is 9.35. The lowest BCUT2D eigenvalue weighted by Crippen LogP contribution is -2.05. The molecule has 0 aliphatic rings.